The van der Waals surface area contributed by atoms with Gasteiger partial charge in [-0.25, -0.2) is 0 Å². The molecule has 0 aliphatic carbocycles. The molecule has 168 valence electrons. The summed E-state index contributed by atoms with van der Waals surface area (Å²) >= 11 is 18.9. The largest absolute Gasteiger partial charge is 0.321 e. The van der Waals surface area contributed by atoms with Crippen LogP contribution < -0.4 is 16.2 Å². The standard InChI is InChI=1S/C21H14Cl3N5O3S/c1-9-5-11(22)3-4-15(9)26-19(31)16-17(33-21-27-18(30)10(2)28-29(16)21)20(32)25-14-7-12(23)6-13(24)8-14/h3-8H,1-2H3,(H,25,32)(H,26,31). The van der Waals surface area contributed by atoms with Crippen LogP contribution in [0.1, 0.15) is 31.4 Å². The summed E-state index contributed by atoms with van der Waals surface area (Å²) in [4.78, 5) is 42.5. The molecule has 8 nitrogen and oxygen atoms in total. The van der Waals surface area contributed by atoms with Crippen molar-refractivity contribution in [3.05, 3.63) is 83.6 Å². The molecule has 0 saturated heterocycles. The number of thiazole rings is 1. The first kappa shape index (κ1) is 23.2. The summed E-state index contributed by atoms with van der Waals surface area (Å²) in [5, 5.41) is 10.8. The van der Waals surface area contributed by atoms with Crippen molar-refractivity contribution in [1.82, 2.24) is 14.6 Å². The molecule has 0 unspecified atom stereocenters. The van der Waals surface area contributed by atoms with Crippen LogP contribution in [0.4, 0.5) is 11.4 Å². The summed E-state index contributed by atoms with van der Waals surface area (Å²) in [7, 11) is 0. The minimum atomic E-state index is -0.617. The molecule has 2 N–H and O–H groups in total. The summed E-state index contributed by atoms with van der Waals surface area (Å²) in [5.41, 5.74) is 1.01. The van der Waals surface area contributed by atoms with Crippen molar-refractivity contribution in [1.29, 1.82) is 0 Å². The Bertz CT molecular complexity index is 1480. The van der Waals surface area contributed by atoms with E-state index in [1.54, 1.807) is 25.1 Å². The highest BCUT2D eigenvalue weighted by atomic mass is 35.5. The fourth-order valence-corrected chi connectivity index (χ4v) is 4.72. The number of hydrogen-bond donors (Lipinski definition) is 2. The van der Waals surface area contributed by atoms with Crippen LogP contribution in [0.2, 0.25) is 15.1 Å². The summed E-state index contributed by atoms with van der Waals surface area (Å²) in [6, 6.07) is 9.52. The minimum Gasteiger partial charge on any atom is -0.321 e. The van der Waals surface area contributed by atoms with Crippen molar-refractivity contribution >= 4 is 74.3 Å². The number of aromatic nitrogens is 3. The molecule has 2 aromatic heterocycles. The summed E-state index contributed by atoms with van der Waals surface area (Å²) in [5.74, 6) is -1.23. The highest BCUT2D eigenvalue weighted by molar-refractivity contribution is 7.19. The van der Waals surface area contributed by atoms with Crippen LogP contribution in [-0.4, -0.2) is 26.4 Å². The highest BCUT2D eigenvalue weighted by Crippen LogP contribution is 2.27. The minimum absolute atomic E-state index is 0.000199. The second-order valence-corrected chi connectivity index (χ2v) is 9.29. The maximum absolute atomic E-state index is 13.3. The van der Waals surface area contributed by atoms with E-state index < -0.39 is 17.4 Å². The molecule has 0 aliphatic heterocycles. The van der Waals surface area contributed by atoms with Crippen molar-refractivity contribution < 1.29 is 9.59 Å². The predicted octanol–water partition coefficient (Wildman–Crippen LogP) is 5.23. The lowest BCUT2D eigenvalue weighted by atomic mass is 10.2. The van der Waals surface area contributed by atoms with Gasteiger partial charge in [0.05, 0.1) is 0 Å². The van der Waals surface area contributed by atoms with Gasteiger partial charge >= 0.3 is 0 Å². The van der Waals surface area contributed by atoms with Crippen LogP contribution in [0, 0.1) is 13.8 Å². The van der Waals surface area contributed by atoms with Gasteiger partial charge in [0.2, 0.25) is 4.96 Å². The molecule has 4 aromatic rings. The van der Waals surface area contributed by atoms with Gasteiger partial charge in [-0.05, 0) is 55.8 Å². The Balaban J connectivity index is 1.80. The van der Waals surface area contributed by atoms with E-state index in [4.69, 9.17) is 34.8 Å². The number of nitrogens with one attached hydrogen (secondary N) is 2. The molecule has 0 fully saturated rings. The van der Waals surface area contributed by atoms with Gasteiger partial charge in [-0.2, -0.15) is 14.6 Å². The highest BCUT2D eigenvalue weighted by Gasteiger charge is 2.27. The Labute approximate surface area is 206 Å². The molecule has 4 rings (SSSR count). The van der Waals surface area contributed by atoms with Gasteiger partial charge in [0.15, 0.2) is 5.69 Å². The number of benzene rings is 2. The third kappa shape index (κ3) is 4.86. The molecule has 0 aliphatic rings. The maximum atomic E-state index is 13.3. The van der Waals surface area contributed by atoms with Crippen molar-refractivity contribution in [2.75, 3.05) is 10.6 Å². The summed E-state index contributed by atoms with van der Waals surface area (Å²) in [6.07, 6.45) is 0. The van der Waals surface area contributed by atoms with Crippen LogP contribution in [0.25, 0.3) is 4.96 Å². The number of aryl methyl sites for hydroxylation is 2. The number of anilines is 2. The summed E-state index contributed by atoms with van der Waals surface area (Å²) < 4.78 is 1.18. The number of carbonyl (C=O) groups excluding carboxylic acids is 2. The number of nitrogens with zero attached hydrogens (tertiary/aromatic N) is 3. The van der Waals surface area contributed by atoms with Crippen molar-refractivity contribution in [3.8, 4) is 0 Å². The lowest BCUT2D eigenvalue weighted by molar-refractivity contribution is 0.0988. The van der Waals surface area contributed by atoms with E-state index in [-0.39, 0.29) is 21.2 Å². The molecule has 0 saturated carbocycles. The zero-order valence-electron chi connectivity index (χ0n) is 17.1. The quantitative estimate of drug-likeness (QED) is 0.382. The van der Waals surface area contributed by atoms with Crippen LogP contribution in [0.15, 0.2) is 41.2 Å². The van der Waals surface area contributed by atoms with E-state index in [1.165, 1.54) is 29.6 Å². The Kier molecular flexibility index (Phi) is 6.40. The van der Waals surface area contributed by atoms with Crippen molar-refractivity contribution in [2.24, 2.45) is 0 Å². The van der Waals surface area contributed by atoms with Crippen LogP contribution >= 0.6 is 46.1 Å². The third-order valence-corrected chi connectivity index (χ3v) is 6.24. The van der Waals surface area contributed by atoms with Gasteiger partial charge in [-0.15, -0.1) is 0 Å². The molecule has 33 heavy (non-hydrogen) atoms. The SMILES string of the molecule is Cc1cc(Cl)ccc1NC(=O)c1c(C(=O)Nc2cc(Cl)cc(Cl)c2)sc2nc(=O)c(C)nn12. The van der Waals surface area contributed by atoms with Crippen LogP contribution in [0.5, 0.6) is 0 Å². The second-order valence-electron chi connectivity index (χ2n) is 7.00. The van der Waals surface area contributed by atoms with E-state index in [0.717, 1.165) is 16.9 Å². The number of halogens is 3. The molecular formula is C21H14Cl3N5O3S. The van der Waals surface area contributed by atoms with Crippen molar-refractivity contribution in [2.45, 2.75) is 13.8 Å². The molecule has 12 heteroatoms. The van der Waals surface area contributed by atoms with E-state index in [0.29, 0.717) is 26.4 Å². The average molecular weight is 523 g/mol. The third-order valence-electron chi connectivity index (χ3n) is 4.54. The van der Waals surface area contributed by atoms with Crippen LogP contribution in [-0.2, 0) is 0 Å². The number of rotatable bonds is 4. The number of carbonyl (C=O) groups is 2. The number of amides is 2. The monoisotopic (exact) mass is 521 g/mol. The number of fused-ring (bicyclic) bond motifs is 1. The van der Waals surface area contributed by atoms with Crippen LogP contribution in [0.3, 0.4) is 0 Å². The Morgan fingerprint density at radius 2 is 1.64 bits per heavy atom. The van der Waals surface area contributed by atoms with Gasteiger partial charge in [0, 0.05) is 26.4 Å². The molecule has 0 atom stereocenters. The molecule has 2 amide bonds. The van der Waals surface area contributed by atoms with E-state index >= 15 is 0 Å². The van der Waals surface area contributed by atoms with Gasteiger partial charge in [-0.1, -0.05) is 46.1 Å². The first-order valence-corrected chi connectivity index (χ1v) is 11.3. The molecular weight excluding hydrogens is 509 g/mol. The van der Waals surface area contributed by atoms with Gasteiger partial charge in [0.25, 0.3) is 17.4 Å². The first-order chi connectivity index (χ1) is 15.6. The Hall–Kier alpha value is -2.98. The lowest BCUT2D eigenvalue weighted by Gasteiger charge is -2.10. The molecule has 2 aromatic carbocycles. The Morgan fingerprint density at radius 1 is 0.939 bits per heavy atom. The second kappa shape index (κ2) is 9.11. The van der Waals surface area contributed by atoms with Crippen molar-refractivity contribution in [3.63, 3.8) is 0 Å². The lowest BCUT2D eigenvalue weighted by Crippen LogP contribution is -2.23. The average Bonchev–Trinajstić information content (AvgIpc) is 3.08. The number of hydrogen-bond acceptors (Lipinski definition) is 6. The fourth-order valence-electron chi connectivity index (χ4n) is 3.01. The molecule has 0 bridgehead atoms. The molecule has 0 spiro atoms. The predicted molar refractivity (Wildman–Crippen MR) is 130 cm³/mol. The van der Waals surface area contributed by atoms with Gasteiger partial charge < -0.3 is 10.6 Å². The van der Waals surface area contributed by atoms with Gasteiger partial charge in [0.1, 0.15) is 10.6 Å². The first-order valence-electron chi connectivity index (χ1n) is 9.38. The zero-order chi connectivity index (χ0) is 23.9. The molecule has 2 heterocycles. The van der Waals surface area contributed by atoms with E-state index in [2.05, 4.69) is 20.7 Å². The molecule has 0 radical (unpaired) electrons. The zero-order valence-corrected chi connectivity index (χ0v) is 20.2. The van der Waals surface area contributed by atoms with E-state index in [1.807, 2.05) is 0 Å². The summed E-state index contributed by atoms with van der Waals surface area (Å²) in [6.45, 7) is 3.25. The Morgan fingerprint density at radius 3 is 2.30 bits per heavy atom. The topological polar surface area (TPSA) is 105 Å². The van der Waals surface area contributed by atoms with Gasteiger partial charge in [-0.3, -0.25) is 14.4 Å². The smallest absolute Gasteiger partial charge is 0.295 e. The maximum Gasteiger partial charge on any atom is 0.295 e. The fraction of sp³-hybridized carbons (Fsp3) is 0.0952. The van der Waals surface area contributed by atoms with E-state index in [9.17, 15) is 14.4 Å². The normalized spacial score (nSPS) is 10.9.